The zero-order valence-electron chi connectivity index (χ0n) is 9.97. The summed E-state index contributed by atoms with van der Waals surface area (Å²) in [5.74, 6) is 2.95. The second-order valence-corrected chi connectivity index (χ2v) is 5.00. The van der Waals surface area contributed by atoms with Crippen LogP contribution < -0.4 is 0 Å². The highest BCUT2D eigenvalue weighted by Gasteiger charge is 2.33. The number of unbranched alkanes of at least 4 members (excludes halogenated alkanes) is 2. The maximum absolute atomic E-state index is 3.85. The molecule has 0 amide bonds. The first-order valence-electron chi connectivity index (χ1n) is 6.40. The Labute approximate surface area is 89.8 Å². The van der Waals surface area contributed by atoms with Gasteiger partial charge in [-0.25, -0.2) is 0 Å². The van der Waals surface area contributed by atoms with Crippen molar-refractivity contribution < 1.29 is 0 Å². The molecule has 0 N–H and O–H groups in total. The highest BCUT2D eigenvalue weighted by atomic mass is 14.4. The van der Waals surface area contributed by atoms with Crippen molar-refractivity contribution >= 4 is 0 Å². The van der Waals surface area contributed by atoms with E-state index >= 15 is 0 Å². The van der Waals surface area contributed by atoms with Gasteiger partial charge < -0.3 is 0 Å². The van der Waals surface area contributed by atoms with E-state index in [0.29, 0.717) is 0 Å². The summed E-state index contributed by atoms with van der Waals surface area (Å²) in [4.78, 5) is 0. The molecule has 0 nitrogen and oxygen atoms in total. The molecule has 0 aromatic rings. The van der Waals surface area contributed by atoms with Crippen LogP contribution >= 0.6 is 0 Å². The first-order chi connectivity index (χ1) is 6.79. The molecule has 0 heteroatoms. The van der Waals surface area contributed by atoms with Crippen LogP contribution in [0.1, 0.15) is 58.8 Å². The second kappa shape index (κ2) is 6.27. The molecule has 82 valence electrons. The monoisotopic (exact) mass is 194 g/mol. The van der Waals surface area contributed by atoms with Crippen LogP contribution in [0.25, 0.3) is 0 Å². The van der Waals surface area contributed by atoms with Crippen LogP contribution in [0.5, 0.6) is 0 Å². The molecule has 1 fully saturated rings. The molecule has 0 radical (unpaired) electrons. The van der Waals surface area contributed by atoms with E-state index in [9.17, 15) is 0 Å². The number of hydrogen-bond donors (Lipinski definition) is 0. The Kier molecular flexibility index (Phi) is 5.29. The lowest BCUT2D eigenvalue weighted by molar-refractivity contribution is 0.108. The van der Waals surface area contributed by atoms with Crippen molar-refractivity contribution in [1.29, 1.82) is 0 Å². The van der Waals surface area contributed by atoms with E-state index in [1.807, 2.05) is 0 Å². The first kappa shape index (κ1) is 11.8. The van der Waals surface area contributed by atoms with Crippen molar-refractivity contribution in [2.24, 2.45) is 17.8 Å². The Balaban J connectivity index is 2.16. The van der Waals surface area contributed by atoms with E-state index in [2.05, 4.69) is 26.5 Å². The zero-order chi connectivity index (χ0) is 10.4. The van der Waals surface area contributed by atoms with Gasteiger partial charge in [0.1, 0.15) is 0 Å². The zero-order valence-corrected chi connectivity index (χ0v) is 9.97. The van der Waals surface area contributed by atoms with Crippen LogP contribution in [0, 0.1) is 17.8 Å². The fourth-order valence-corrected chi connectivity index (χ4v) is 2.78. The van der Waals surface area contributed by atoms with Crippen molar-refractivity contribution in [3.8, 4) is 0 Å². The normalized spacial score (nSPS) is 28.1. The minimum atomic E-state index is 0.959. The molecule has 1 aliphatic rings. The van der Waals surface area contributed by atoms with Gasteiger partial charge in [-0.3, -0.25) is 0 Å². The third-order valence-corrected chi connectivity index (χ3v) is 3.94. The average Bonchev–Trinajstić information content (AvgIpc) is 2.13. The summed E-state index contributed by atoms with van der Waals surface area (Å²) in [5, 5.41) is 0. The quantitative estimate of drug-likeness (QED) is 0.403. The van der Waals surface area contributed by atoms with Gasteiger partial charge in [-0.2, -0.15) is 0 Å². The van der Waals surface area contributed by atoms with E-state index in [-0.39, 0.29) is 0 Å². The van der Waals surface area contributed by atoms with Crippen LogP contribution in [0.2, 0.25) is 0 Å². The minimum Gasteiger partial charge on any atom is -0.103 e. The highest BCUT2D eigenvalue weighted by Crippen LogP contribution is 2.43. The fraction of sp³-hybridized carbons (Fsp3) is 0.857. The van der Waals surface area contributed by atoms with Gasteiger partial charge in [0.25, 0.3) is 0 Å². The molecule has 0 saturated heterocycles. The maximum Gasteiger partial charge on any atom is -0.0322 e. The Bertz CT molecular complexity index is 159. The summed E-state index contributed by atoms with van der Waals surface area (Å²) in [5.41, 5.74) is 0. The minimum absolute atomic E-state index is 0.959. The Hall–Kier alpha value is -0.260. The van der Waals surface area contributed by atoms with Gasteiger partial charge in [0, 0.05) is 0 Å². The second-order valence-electron chi connectivity index (χ2n) is 5.00. The lowest BCUT2D eigenvalue weighted by atomic mass is 9.65. The molecular formula is C14H26. The molecule has 1 rings (SSSR count). The number of allylic oxidation sites excluding steroid dienone is 1. The van der Waals surface area contributed by atoms with Gasteiger partial charge in [0.15, 0.2) is 0 Å². The summed E-state index contributed by atoms with van der Waals surface area (Å²) in [6, 6.07) is 0. The fourth-order valence-electron chi connectivity index (χ4n) is 2.78. The van der Waals surface area contributed by atoms with Crippen molar-refractivity contribution in [2.45, 2.75) is 58.8 Å². The van der Waals surface area contributed by atoms with Gasteiger partial charge in [-0.05, 0) is 37.0 Å². The highest BCUT2D eigenvalue weighted by molar-refractivity contribution is 4.88. The van der Waals surface area contributed by atoms with Crippen LogP contribution in [-0.2, 0) is 0 Å². The van der Waals surface area contributed by atoms with Crippen molar-refractivity contribution in [2.75, 3.05) is 0 Å². The topological polar surface area (TPSA) is 0 Å². The van der Waals surface area contributed by atoms with Crippen molar-refractivity contribution in [3.63, 3.8) is 0 Å². The lowest BCUT2D eigenvalue weighted by Gasteiger charge is -2.40. The third-order valence-electron chi connectivity index (χ3n) is 3.94. The summed E-state index contributed by atoms with van der Waals surface area (Å²) in [6.07, 6.45) is 12.0. The maximum atomic E-state index is 3.85. The molecule has 3 atom stereocenters. The molecule has 1 aliphatic carbocycles. The Morgan fingerprint density at radius 1 is 1.36 bits per heavy atom. The SMILES string of the molecule is C=CCC1CCC1C(C)CCCCC. The van der Waals surface area contributed by atoms with Gasteiger partial charge in [-0.15, -0.1) is 6.58 Å². The Morgan fingerprint density at radius 2 is 2.14 bits per heavy atom. The van der Waals surface area contributed by atoms with Gasteiger partial charge in [0.2, 0.25) is 0 Å². The lowest BCUT2D eigenvalue weighted by Crippen LogP contribution is -2.30. The summed E-state index contributed by atoms with van der Waals surface area (Å²) < 4.78 is 0. The van der Waals surface area contributed by atoms with Gasteiger partial charge >= 0.3 is 0 Å². The van der Waals surface area contributed by atoms with Crippen LogP contribution in [0.15, 0.2) is 12.7 Å². The van der Waals surface area contributed by atoms with Crippen LogP contribution in [0.4, 0.5) is 0 Å². The predicted octanol–water partition coefficient (Wildman–Crippen LogP) is 4.81. The van der Waals surface area contributed by atoms with Crippen LogP contribution in [-0.4, -0.2) is 0 Å². The third kappa shape index (κ3) is 3.15. The molecule has 0 heterocycles. The summed E-state index contributed by atoms with van der Waals surface area (Å²) >= 11 is 0. The average molecular weight is 194 g/mol. The molecular weight excluding hydrogens is 168 g/mol. The van der Waals surface area contributed by atoms with Crippen LogP contribution in [0.3, 0.4) is 0 Å². The van der Waals surface area contributed by atoms with E-state index in [1.165, 1.54) is 44.9 Å². The van der Waals surface area contributed by atoms with Crippen molar-refractivity contribution in [1.82, 2.24) is 0 Å². The predicted molar refractivity (Wildman–Crippen MR) is 64.3 cm³/mol. The first-order valence-corrected chi connectivity index (χ1v) is 6.40. The molecule has 0 spiro atoms. The molecule has 3 unspecified atom stereocenters. The molecule has 0 aromatic carbocycles. The smallest absolute Gasteiger partial charge is 0.0322 e. The summed E-state index contributed by atoms with van der Waals surface area (Å²) in [6.45, 7) is 8.59. The largest absolute Gasteiger partial charge is 0.103 e. The van der Waals surface area contributed by atoms with Gasteiger partial charge in [-0.1, -0.05) is 45.6 Å². The molecule has 14 heavy (non-hydrogen) atoms. The van der Waals surface area contributed by atoms with E-state index in [0.717, 1.165) is 17.8 Å². The van der Waals surface area contributed by atoms with Gasteiger partial charge in [0.05, 0.1) is 0 Å². The van der Waals surface area contributed by atoms with Crippen molar-refractivity contribution in [3.05, 3.63) is 12.7 Å². The van der Waals surface area contributed by atoms with E-state index in [1.54, 1.807) is 0 Å². The molecule has 1 saturated carbocycles. The molecule has 0 aromatic heterocycles. The molecule has 0 bridgehead atoms. The summed E-state index contributed by atoms with van der Waals surface area (Å²) in [7, 11) is 0. The van der Waals surface area contributed by atoms with E-state index in [4.69, 9.17) is 0 Å². The number of rotatable bonds is 7. The Morgan fingerprint density at radius 3 is 2.64 bits per heavy atom. The number of hydrogen-bond acceptors (Lipinski definition) is 0. The standard InChI is InChI=1S/C14H26/c1-4-6-7-9-12(3)14-11-10-13(14)8-5-2/h5,12-14H,2,4,6-11H2,1,3H3. The molecule has 0 aliphatic heterocycles. The van der Waals surface area contributed by atoms with E-state index < -0.39 is 0 Å².